The van der Waals surface area contributed by atoms with Crippen LogP contribution in [0.3, 0.4) is 0 Å². The summed E-state index contributed by atoms with van der Waals surface area (Å²) in [6.07, 6.45) is 2.94. The Hall–Kier alpha value is -2.66. The number of fused-ring (bicyclic) bond motifs is 2. The van der Waals surface area contributed by atoms with Crippen LogP contribution in [0.4, 0.5) is 0 Å². The van der Waals surface area contributed by atoms with Crippen molar-refractivity contribution in [2.24, 2.45) is 0 Å². The van der Waals surface area contributed by atoms with Crippen LogP contribution >= 0.6 is 0 Å². The molecule has 2 N–H and O–H groups in total. The van der Waals surface area contributed by atoms with Gasteiger partial charge >= 0.3 is 0 Å². The van der Waals surface area contributed by atoms with Crippen molar-refractivity contribution in [1.29, 1.82) is 0 Å². The number of aromatic amines is 1. The van der Waals surface area contributed by atoms with Crippen molar-refractivity contribution in [2.45, 2.75) is 31.8 Å². The van der Waals surface area contributed by atoms with Crippen LogP contribution < -0.4 is 5.32 Å². The van der Waals surface area contributed by atoms with E-state index in [4.69, 9.17) is 0 Å². The number of carbonyl (C=O) groups is 1. The molecular weight excluding hydrogens is 324 g/mol. The van der Waals surface area contributed by atoms with Gasteiger partial charge in [-0.1, -0.05) is 42.5 Å². The van der Waals surface area contributed by atoms with E-state index in [9.17, 15) is 4.79 Å². The molecule has 132 valence electrons. The normalized spacial score (nSPS) is 19.7. The van der Waals surface area contributed by atoms with Gasteiger partial charge in [-0.25, -0.2) is 0 Å². The van der Waals surface area contributed by atoms with Crippen molar-refractivity contribution >= 4 is 16.7 Å². The number of nitrogens with one attached hydrogen (secondary N) is 2. The highest BCUT2D eigenvalue weighted by Gasteiger charge is 2.34. The molecule has 1 aromatic heterocycles. The molecule has 26 heavy (non-hydrogen) atoms. The van der Waals surface area contributed by atoms with Gasteiger partial charge in [0.05, 0.1) is 6.04 Å². The number of aromatic nitrogens is 2. The number of nitrogens with zero attached hydrogens (tertiary/aromatic N) is 2. The summed E-state index contributed by atoms with van der Waals surface area (Å²) in [5.74, 6) is 0.0571. The zero-order valence-electron chi connectivity index (χ0n) is 14.7. The minimum absolute atomic E-state index is 0.0571. The lowest BCUT2D eigenvalue weighted by atomic mass is 9.97. The van der Waals surface area contributed by atoms with Gasteiger partial charge in [-0.05, 0) is 29.2 Å². The van der Waals surface area contributed by atoms with Gasteiger partial charge in [-0.15, -0.1) is 0 Å². The van der Waals surface area contributed by atoms with Crippen LogP contribution in [0, 0.1) is 0 Å². The quantitative estimate of drug-likeness (QED) is 0.749. The van der Waals surface area contributed by atoms with Crippen molar-refractivity contribution < 1.29 is 4.79 Å². The van der Waals surface area contributed by atoms with E-state index in [1.807, 2.05) is 4.90 Å². The average molecular weight is 346 g/mol. The van der Waals surface area contributed by atoms with E-state index in [2.05, 4.69) is 58.0 Å². The van der Waals surface area contributed by atoms with Crippen LogP contribution in [-0.2, 0) is 13.0 Å². The first-order valence-electron chi connectivity index (χ1n) is 9.38. The molecule has 1 amide bonds. The summed E-state index contributed by atoms with van der Waals surface area (Å²) < 4.78 is 0. The third kappa shape index (κ3) is 2.42. The molecule has 2 aliphatic heterocycles. The SMILES string of the molecule is O=C(c1n[nH]c2c1CNCC2)N1CCCC1c1cccc2ccccc12. The highest BCUT2D eigenvalue weighted by atomic mass is 16.2. The average Bonchev–Trinajstić information content (AvgIpc) is 3.34. The molecule has 0 aliphatic carbocycles. The first-order chi connectivity index (χ1) is 12.8. The molecule has 2 aromatic carbocycles. The van der Waals surface area contributed by atoms with E-state index >= 15 is 0 Å². The van der Waals surface area contributed by atoms with Crippen LogP contribution in [0.15, 0.2) is 42.5 Å². The Morgan fingerprint density at radius 2 is 2.04 bits per heavy atom. The minimum Gasteiger partial charge on any atom is -0.330 e. The number of carbonyl (C=O) groups excluding carboxylic acids is 1. The highest BCUT2D eigenvalue weighted by Crippen LogP contribution is 2.37. The lowest BCUT2D eigenvalue weighted by Gasteiger charge is -2.26. The molecule has 3 heterocycles. The van der Waals surface area contributed by atoms with Gasteiger partial charge in [-0.3, -0.25) is 9.89 Å². The van der Waals surface area contributed by atoms with Crippen molar-refractivity contribution in [1.82, 2.24) is 20.4 Å². The van der Waals surface area contributed by atoms with Crippen LogP contribution in [-0.4, -0.2) is 34.1 Å². The number of hydrogen-bond acceptors (Lipinski definition) is 3. The molecule has 0 radical (unpaired) electrons. The van der Waals surface area contributed by atoms with Gasteiger partial charge in [0.15, 0.2) is 5.69 Å². The summed E-state index contributed by atoms with van der Waals surface area (Å²) in [7, 11) is 0. The van der Waals surface area contributed by atoms with Crippen LogP contribution in [0.1, 0.15) is 46.2 Å². The lowest BCUT2D eigenvalue weighted by Crippen LogP contribution is -2.33. The fourth-order valence-corrected chi connectivity index (χ4v) is 4.41. The Kier molecular flexibility index (Phi) is 3.75. The first-order valence-corrected chi connectivity index (χ1v) is 9.38. The zero-order chi connectivity index (χ0) is 17.5. The number of amides is 1. The zero-order valence-corrected chi connectivity index (χ0v) is 14.7. The van der Waals surface area contributed by atoms with E-state index in [1.165, 1.54) is 16.3 Å². The molecule has 1 atom stereocenters. The van der Waals surface area contributed by atoms with E-state index in [-0.39, 0.29) is 11.9 Å². The molecule has 5 heteroatoms. The Labute approximate surface area is 152 Å². The molecule has 1 fully saturated rings. The van der Waals surface area contributed by atoms with Crippen LogP contribution in [0.2, 0.25) is 0 Å². The van der Waals surface area contributed by atoms with Crippen molar-refractivity contribution in [2.75, 3.05) is 13.1 Å². The van der Waals surface area contributed by atoms with Crippen LogP contribution in [0.5, 0.6) is 0 Å². The predicted molar refractivity (Wildman–Crippen MR) is 101 cm³/mol. The summed E-state index contributed by atoms with van der Waals surface area (Å²) in [4.78, 5) is 15.3. The monoisotopic (exact) mass is 346 g/mol. The molecule has 1 unspecified atom stereocenters. The number of hydrogen-bond donors (Lipinski definition) is 2. The summed E-state index contributed by atoms with van der Waals surface area (Å²) in [5.41, 5.74) is 3.99. The van der Waals surface area contributed by atoms with Gasteiger partial charge in [0.2, 0.25) is 0 Å². The minimum atomic E-state index is 0.0571. The molecule has 2 aliphatic rings. The smallest absolute Gasteiger partial charge is 0.275 e. The maximum absolute atomic E-state index is 13.3. The first kappa shape index (κ1) is 15.6. The Morgan fingerprint density at radius 1 is 1.15 bits per heavy atom. The number of H-pyrrole nitrogens is 1. The maximum atomic E-state index is 13.3. The lowest BCUT2D eigenvalue weighted by molar-refractivity contribution is 0.0729. The number of rotatable bonds is 2. The topological polar surface area (TPSA) is 61.0 Å². The van der Waals surface area contributed by atoms with Gasteiger partial charge in [-0.2, -0.15) is 5.10 Å². The summed E-state index contributed by atoms with van der Waals surface area (Å²) >= 11 is 0. The molecule has 3 aromatic rings. The standard InChI is InChI=1S/C21H22N4O/c26-21(20-17-13-22-11-10-18(17)23-24-20)25-12-4-9-19(25)16-8-3-6-14-5-1-2-7-15(14)16/h1-3,5-8,19,22H,4,9-13H2,(H,23,24). The van der Waals surface area contributed by atoms with Crippen molar-refractivity contribution in [3.05, 3.63) is 65.0 Å². The molecular formula is C21H22N4O. The van der Waals surface area contributed by atoms with E-state index in [1.54, 1.807) is 0 Å². The van der Waals surface area contributed by atoms with E-state index < -0.39 is 0 Å². The van der Waals surface area contributed by atoms with Gasteiger partial charge in [0.1, 0.15) is 0 Å². The number of benzene rings is 2. The second-order valence-electron chi connectivity index (χ2n) is 7.18. The molecule has 0 bridgehead atoms. The predicted octanol–water partition coefficient (Wildman–Crippen LogP) is 3.19. The highest BCUT2D eigenvalue weighted by molar-refractivity contribution is 5.95. The van der Waals surface area contributed by atoms with Gasteiger partial charge in [0, 0.05) is 37.3 Å². The second-order valence-corrected chi connectivity index (χ2v) is 7.18. The van der Waals surface area contributed by atoms with Crippen molar-refractivity contribution in [3.8, 4) is 0 Å². The summed E-state index contributed by atoms with van der Waals surface area (Å²) in [6.45, 7) is 2.45. The summed E-state index contributed by atoms with van der Waals surface area (Å²) in [5, 5.41) is 13.3. The number of likely N-dealkylation sites (tertiary alicyclic amines) is 1. The largest absolute Gasteiger partial charge is 0.330 e. The third-order valence-corrected chi connectivity index (χ3v) is 5.70. The van der Waals surface area contributed by atoms with E-state index in [0.717, 1.165) is 50.2 Å². The molecule has 5 rings (SSSR count). The third-order valence-electron chi connectivity index (χ3n) is 5.70. The van der Waals surface area contributed by atoms with Gasteiger partial charge in [0.25, 0.3) is 5.91 Å². The Balaban J connectivity index is 1.53. The fourth-order valence-electron chi connectivity index (χ4n) is 4.41. The van der Waals surface area contributed by atoms with E-state index in [0.29, 0.717) is 5.69 Å². The molecule has 0 spiro atoms. The molecule has 0 saturated carbocycles. The Morgan fingerprint density at radius 3 is 3.00 bits per heavy atom. The van der Waals surface area contributed by atoms with Crippen molar-refractivity contribution in [3.63, 3.8) is 0 Å². The second kappa shape index (κ2) is 6.25. The fraction of sp³-hybridized carbons (Fsp3) is 0.333. The van der Waals surface area contributed by atoms with Crippen LogP contribution in [0.25, 0.3) is 10.8 Å². The summed E-state index contributed by atoms with van der Waals surface area (Å²) in [6, 6.07) is 14.9. The maximum Gasteiger partial charge on any atom is 0.275 e. The molecule has 5 nitrogen and oxygen atoms in total. The Bertz CT molecular complexity index is 972. The van der Waals surface area contributed by atoms with Gasteiger partial charge < -0.3 is 10.2 Å². The molecule has 1 saturated heterocycles.